The summed E-state index contributed by atoms with van der Waals surface area (Å²) in [6.07, 6.45) is 4.11. The summed E-state index contributed by atoms with van der Waals surface area (Å²) in [5.74, 6) is -0.259. The highest BCUT2D eigenvalue weighted by Gasteiger charge is 1.97. The SMILES string of the molecule is CC(=O)OCc1cccc(C=Cc2ccccc2)c1. The number of carbonyl (C=O) groups excluding carboxylic acids is 1. The Kier molecular flexibility index (Phi) is 4.51. The van der Waals surface area contributed by atoms with Crippen LogP contribution in [0.3, 0.4) is 0 Å². The maximum atomic E-state index is 10.8. The molecule has 0 unspecified atom stereocenters. The molecule has 0 fully saturated rings. The largest absolute Gasteiger partial charge is 0.461 e. The lowest BCUT2D eigenvalue weighted by Gasteiger charge is -2.03. The van der Waals surface area contributed by atoms with Gasteiger partial charge in [-0.15, -0.1) is 0 Å². The lowest BCUT2D eigenvalue weighted by molar-refractivity contribution is -0.142. The number of ether oxygens (including phenoxy) is 1. The van der Waals surface area contributed by atoms with E-state index in [4.69, 9.17) is 4.74 Å². The average Bonchev–Trinajstić information content (AvgIpc) is 2.44. The van der Waals surface area contributed by atoms with Crippen molar-refractivity contribution in [2.75, 3.05) is 0 Å². The van der Waals surface area contributed by atoms with Gasteiger partial charge in [-0.05, 0) is 22.8 Å². The van der Waals surface area contributed by atoms with E-state index in [1.54, 1.807) is 0 Å². The van der Waals surface area contributed by atoms with E-state index < -0.39 is 0 Å². The Hall–Kier alpha value is -2.35. The number of carbonyl (C=O) groups is 1. The zero-order valence-corrected chi connectivity index (χ0v) is 10.9. The molecule has 96 valence electrons. The summed E-state index contributed by atoms with van der Waals surface area (Å²) in [6.45, 7) is 1.74. The molecule has 19 heavy (non-hydrogen) atoms. The van der Waals surface area contributed by atoms with Crippen LogP contribution in [0.2, 0.25) is 0 Å². The van der Waals surface area contributed by atoms with Crippen molar-refractivity contribution in [3.8, 4) is 0 Å². The molecule has 2 nitrogen and oxygen atoms in total. The molecular formula is C17H16O2. The van der Waals surface area contributed by atoms with Crippen molar-refractivity contribution in [1.82, 2.24) is 0 Å². The lowest BCUT2D eigenvalue weighted by atomic mass is 10.1. The fourth-order valence-electron chi connectivity index (χ4n) is 1.73. The Morgan fingerprint density at radius 1 is 1.00 bits per heavy atom. The van der Waals surface area contributed by atoms with Crippen molar-refractivity contribution in [2.45, 2.75) is 13.5 Å². The summed E-state index contributed by atoms with van der Waals surface area (Å²) in [5, 5.41) is 0. The van der Waals surface area contributed by atoms with Gasteiger partial charge < -0.3 is 4.74 Å². The normalized spacial score (nSPS) is 10.6. The topological polar surface area (TPSA) is 26.3 Å². The van der Waals surface area contributed by atoms with E-state index in [2.05, 4.69) is 18.2 Å². The van der Waals surface area contributed by atoms with Gasteiger partial charge in [0.2, 0.25) is 0 Å². The van der Waals surface area contributed by atoms with Gasteiger partial charge in [-0.2, -0.15) is 0 Å². The molecule has 0 aliphatic rings. The summed E-state index contributed by atoms with van der Waals surface area (Å²) < 4.78 is 4.98. The van der Waals surface area contributed by atoms with Gasteiger partial charge in [-0.1, -0.05) is 60.7 Å². The van der Waals surface area contributed by atoms with E-state index in [9.17, 15) is 4.79 Å². The van der Waals surface area contributed by atoms with Gasteiger partial charge in [-0.3, -0.25) is 4.79 Å². The summed E-state index contributed by atoms with van der Waals surface area (Å²) in [5.41, 5.74) is 3.24. The molecule has 0 amide bonds. The molecule has 0 spiro atoms. The van der Waals surface area contributed by atoms with E-state index in [1.165, 1.54) is 6.92 Å². The summed E-state index contributed by atoms with van der Waals surface area (Å²) in [7, 11) is 0. The number of rotatable bonds is 4. The third-order valence-corrected chi connectivity index (χ3v) is 2.66. The third-order valence-electron chi connectivity index (χ3n) is 2.66. The van der Waals surface area contributed by atoms with Crippen molar-refractivity contribution >= 4 is 18.1 Å². The molecule has 0 radical (unpaired) electrons. The second-order valence-corrected chi connectivity index (χ2v) is 4.27. The molecule has 0 saturated carbocycles. The minimum Gasteiger partial charge on any atom is -0.461 e. The number of esters is 1. The molecule has 0 bridgehead atoms. The summed E-state index contributed by atoms with van der Waals surface area (Å²) in [6, 6.07) is 18.1. The highest BCUT2D eigenvalue weighted by atomic mass is 16.5. The molecule has 0 aliphatic carbocycles. The maximum Gasteiger partial charge on any atom is 0.302 e. The van der Waals surface area contributed by atoms with E-state index in [0.29, 0.717) is 6.61 Å². The number of hydrogen-bond acceptors (Lipinski definition) is 2. The monoisotopic (exact) mass is 252 g/mol. The molecule has 0 aromatic heterocycles. The predicted molar refractivity (Wildman–Crippen MR) is 77.3 cm³/mol. The van der Waals surface area contributed by atoms with Crippen molar-refractivity contribution in [1.29, 1.82) is 0 Å². The van der Waals surface area contributed by atoms with Crippen LogP contribution >= 0.6 is 0 Å². The van der Waals surface area contributed by atoms with E-state index in [-0.39, 0.29) is 5.97 Å². The van der Waals surface area contributed by atoms with Crippen LogP contribution in [0.4, 0.5) is 0 Å². The van der Waals surface area contributed by atoms with Crippen LogP contribution in [-0.2, 0) is 16.1 Å². The molecule has 0 heterocycles. The van der Waals surface area contributed by atoms with Crippen molar-refractivity contribution in [2.24, 2.45) is 0 Å². The van der Waals surface area contributed by atoms with Crippen LogP contribution in [-0.4, -0.2) is 5.97 Å². The molecule has 2 aromatic rings. The van der Waals surface area contributed by atoms with E-state index >= 15 is 0 Å². The zero-order chi connectivity index (χ0) is 13.5. The van der Waals surface area contributed by atoms with Crippen molar-refractivity contribution in [3.63, 3.8) is 0 Å². The number of benzene rings is 2. The zero-order valence-electron chi connectivity index (χ0n) is 10.9. The Bertz CT molecular complexity index is 571. The molecule has 0 atom stereocenters. The predicted octanol–water partition coefficient (Wildman–Crippen LogP) is 3.92. The van der Waals surface area contributed by atoms with Gasteiger partial charge in [0, 0.05) is 6.92 Å². The van der Waals surface area contributed by atoms with Gasteiger partial charge in [0.25, 0.3) is 0 Å². The Morgan fingerprint density at radius 3 is 2.42 bits per heavy atom. The van der Waals surface area contributed by atoms with Gasteiger partial charge in [0.1, 0.15) is 6.61 Å². The second kappa shape index (κ2) is 6.55. The van der Waals surface area contributed by atoms with Crippen LogP contribution in [0.1, 0.15) is 23.6 Å². The maximum absolute atomic E-state index is 10.8. The first-order valence-electron chi connectivity index (χ1n) is 6.19. The van der Waals surface area contributed by atoms with Crippen LogP contribution in [0, 0.1) is 0 Å². The molecule has 0 aliphatic heterocycles. The standard InChI is InChI=1S/C17H16O2/c1-14(18)19-13-17-9-5-8-16(12-17)11-10-15-6-3-2-4-7-15/h2-12H,13H2,1H3. The minimum absolute atomic E-state index is 0.259. The molecule has 2 heteroatoms. The molecule has 0 N–H and O–H groups in total. The smallest absolute Gasteiger partial charge is 0.302 e. The summed E-state index contributed by atoms with van der Waals surface area (Å²) >= 11 is 0. The van der Waals surface area contributed by atoms with Crippen LogP contribution < -0.4 is 0 Å². The molecule has 2 aromatic carbocycles. The van der Waals surface area contributed by atoms with Gasteiger partial charge in [0.05, 0.1) is 0 Å². The van der Waals surface area contributed by atoms with Crippen molar-refractivity contribution < 1.29 is 9.53 Å². The molecular weight excluding hydrogens is 236 g/mol. The fourth-order valence-corrected chi connectivity index (χ4v) is 1.73. The van der Waals surface area contributed by atoms with E-state index in [0.717, 1.165) is 16.7 Å². The van der Waals surface area contributed by atoms with Crippen molar-refractivity contribution in [3.05, 3.63) is 71.3 Å². The summed E-state index contributed by atoms with van der Waals surface area (Å²) in [4.78, 5) is 10.8. The molecule has 2 rings (SSSR count). The quantitative estimate of drug-likeness (QED) is 0.609. The van der Waals surface area contributed by atoms with Crippen LogP contribution in [0.25, 0.3) is 12.2 Å². The third kappa shape index (κ3) is 4.43. The highest BCUT2D eigenvalue weighted by Crippen LogP contribution is 2.11. The van der Waals surface area contributed by atoms with Gasteiger partial charge in [-0.25, -0.2) is 0 Å². The number of hydrogen-bond donors (Lipinski definition) is 0. The van der Waals surface area contributed by atoms with Crippen LogP contribution in [0.15, 0.2) is 54.6 Å². The Morgan fingerprint density at radius 2 is 1.68 bits per heavy atom. The van der Waals surface area contributed by atoms with Crippen LogP contribution in [0.5, 0.6) is 0 Å². The first kappa shape index (κ1) is 13.1. The Labute approximate surface area is 113 Å². The lowest BCUT2D eigenvalue weighted by Crippen LogP contribution is -1.98. The fraction of sp³-hybridized carbons (Fsp3) is 0.118. The average molecular weight is 252 g/mol. The van der Waals surface area contributed by atoms with E-state index in [1.807, 2.05) is 48.5 Å². The first-order valence-corrected chi connectivity index (χ1v) is 6.19. The highest BCUT2D eigenvalue weighted by molar-refractivity contribution is 5.70. The minimum atomic E-state index is -0.259. The molecule has 0 saturated heterocycles. The Balaban J connectivity index is 2.06. The van der Waals surface area contributed by atoms with Gasteiger partial charge >= 0.3 is 5.97 Å². The van der Waals surface area contributed by atoms with Gasteiger partial charge in [0.15, 0.2) is 0 Å². The first-order chi connectivity index (χ1) is 9.24. The second-order valence-electron chi connectivity index (χ2n) is 4.27.